The average Bonchev–Trinajstić information content (AvgIpc) is 3.02. The maximum atomic E-state index is 12.4. The Morgan fingerprint density at radius 3 is 2.40 bits per heavy atom. The molecule has 0 spiro atoms. The predicted molar refractivity (Wildman–Crippen MR) is 75.7 cm³/mol. The summed E-state index contributed by atoms with van der Waals surface area (Å²) >= 11 is 0. The van der Waals surface area contributed by atoms with Crippen molar-refractivity contribution >= 4 is 5.78 Å². The summed E-state index contributed by atoms with van der Waals surface area (Å²) in [6, 6.07) is 15.0. The number of hydrogen-bond acceptors (Lipinski definition) is 3. The van der Waals surface area contributed by atoms with Gasteiger partial charge in [-0.05, 0) is 13.0 Å². The molecule has 2 aromatic rings. The Kier molecular flexibility index (Phi) is 3.63. The minimum Gasteiger partial charge on any atom is -0.346 e. The van der Waals surface area contributed by atoms with Crippen LogP contribution in [-0.2, 0) is 9.47 Å². The second kappa shape index (κ2) is 5.57. The fourth-order valence-electron chi connectivity index (χ4n) is 2.25. The minimum absolute atomic E-state index is 0.0184. The molecule has 1 saturated heterocycles. The molecule has 1 aliphatic heterocycles. The van der Waals surface area contributed by atoms with E-state index in [2.05, 4.69) is 0 Å². The van der Waals surface area contributed by atoms with Crippen LogP contribution in [0.3, 0.4) is 0 Å². The molecular weight excluding hydrogens is 252 g/mol. The molecule has 3 rings (SSSR count). The lowest BCUT2D eigenvalue weighted by molar-refractivity contribution is -0.0441. The molecular formula is C17H16O3. The van der Waals surface area contributed by atoms with Gasteiger partial charge in [0.1, 0.15) is 0 Å². The highest BCUT2D eigenvalue weighted by Crippen LogP contribution is 2.24. The lowest BCUT2D eigenvalue weighted by atomic mass is 10.0. The van der Waals surface area contributed by atoms with Crippen LogP contribution in [-0.4, -0.2) is 19.0 Å². The zero-order chi connectivity index (χ0) is 13.9. The van der Waals surface area contributed by atoms with Crippen molar-refractivity contribution in [2.45, 2.75) is 13.2 Å². The van der Waals surface area contributed by atoms with Gasteiger partial charge in [0.05, 0.1) is 13.2 Å². The average molecular weight is 268 g/mol. The zero-order valence-electron chi connectivity index (χ0n) is 11.3. The molecule has 0 radical (unpaired) electrons. The fraction of sp³-hybridized carbons (Fsp3) is 0.235. The Morgan fingerprint density at radius 1 is 1.00 bits per heavy atom. The number of carbonyl (C=O) groups excluding carboxylic acids is 1. The van der Waals surface area contributed by atoms with Crippen molar-refractivity contribution in [2.75, 3.05) is 13.2 Å². The van der Waals surface area contributed by atoms with Crippen molar-refractivity contribution in [1.29, 1.82) is 0 Å². The van der Waals surface area contributed by atoms with E-state index in [1.54, 1.807) is 0 Å². The van der Waals surface area contributed by atoms with E-state index in [4.69, 9.17) is 9.47 Å². The smallest absolute Gasteiger partial charge is 0.193 e. The standard InChI is InChI=1S/C17H16O3/c1-12-5-7-13(8-6-12)16(18)14-3-2-4-15(11-14)17-19-9-10-20-17/h2-8,11,17H,9-10H2,1H3. The first-order valence-electron chi connectivity index (χ1n) is 6.68. The Labute approximate surface area is 118 Å². The lowest BCUT2D eigenvalue weighted by Crippen LogP contribution is -2.04. The van der Waals surface area contributed by atoms with Gasteiger partial charge >= 0.3 is 0 Å². The summed E-state index contributed by atoms with van der Waals surface area (Å²) in [4.78, 5) is 12.4. The Hall–Kier alpha value is -1.97. The van der Waals surface area contributed by atoms with Crippen LogP contribution in [0.15, 0.2) is 48.5 Å². The van der Waals surface area contributed by atoms with Crippen molar-refractivity contribution in [2.24, 2.45) is 0 Å². The van der Waals surface area contributed by atoms with Crippen LogP contribution in [0, 0.1) is 6.92 Å². The molecule has 3 heteroatoms. The van der Waals surface area contributed by atoms with E-state index in [0.29, 0.717) is 24.3 Å². The highest BCUT2D eigenvalue weighted by molar-refractivity contribution is 6.09. The molecule has 0 amide bonds. The van der Waals surface area contributed by atoms with Gasteiger partial charge in [0, 0.05) is 16.7 Å². The normalized spacial score (nSPS) is 15.4. The van der Waals surface area contributed by atoms with Crippen LogP contribution in [0.25, 0.3) is 0 Å². The summed E-state index contributed by atoms with van der Waals surface area (Å²) in [6.07, 6.45) is -0.347. The zero-order valence-corrected chi connectivity index (χ0v) is 11.3. The molecule has 0 aromatic heterocycles. The lowest BCUT2D eigenvalue weighted by Gasteiger charge is -2.10. The molecule has 0 unspecified atom stereocenters. The van der Waals surface area contributed by atoms with Crippen LogP contribution in [0.4, 0.5) is 0 Å². The molecule has 0 N–H and O–H groups in total. The molecule has 3 nitrogen and oxygen atoms in total. The van der Waals surface area contributed by atoms with E-state index < -0.39 is 0 Å². The second-order valence-corrected chi connectivity index (χ2v) is 4.89. The molecule has 1 fully saturated rings. The van der Waals surface area contributed by atoms with Crippen LogP contribution in [0.2, 0.25) is 0 Å². The van der Waals surface area contributed by atoms with Crippen molar-refractivity contribution < 1.29 is 14.3 Å². The first-order chi connectivity index (χ1) is 9.74. The van der Waals surface area contributed by atoms with Gasteiger partial charge in [-0.2, -0.15) is 0 Å². The Balaban J connectivity index is 1.87. The number of aryl methyl sites for hydroxylation is 1. The third-order valence-electron chi connectivity index (χ3n) is 3.36. The van der Waals surface area contributed by atoms with Crippen LogP contribution >= 0.6 is 0 Å². The van der Waals surface area contributed by atoms with E-state index in [1.807, 2.05) is 55.5 Å². The van der Waals surface area contributed by atoms with Gasteiger partial charge in [-0.3, -0.25) is 4.79 Å². The molecule has 2 aromatic carbocycles. The summed E-state index contributed by atoms with van der Waals surface area (Å²) in [5.74, 6) is 0.0184. The summed E-state index contributed by atoms with van der Waals surface area (Å²) in [7, 11) is 0. The number of rotatable bonds is 3. The van der Waals surface area contributed by atoms with E-state index in [1.165, 1.54) is 0 Å². The Morgan fingerprint density at radius 2 is 1.70 bits per heavy atom. The molecule has 1 aliphatic rings. The van der Waals surface area contributed by atoms with Crippen LogP contribution in [0.5, 0.6) is 0 Å². The van der Waals surface area contributed by atoms with Gasteiger partial charge in [0.15, 0.2) is 12.1 Å². The van der Waals surface area contributed by atoms with Crippen LogP contribution in [0.1, 0.15) is 33.3 Å². The number of carbonyl (C=O) groups is 1. The largest absolute Gasteiger partial charge is 0.346 e. The molecule has 20 heavy (non-hydrogen) atoms. The number of ether oxygens (including phenoxy) is 2. The SMILES string of the molecule is Cc1ccc(C(=O)c2cccc(C3OCCO3)c2)cc1. The molecule has 102 valence electrons. The van der Waals surface area contributed by atoms with Crippen LogP contribution < -0.4 is 0 Å². The van der Waals surface area contributed by atoms with Crippen molar-refractivity contribution in [3.63, 3.8) is 0 Å². The Bertz CT molecular complexity index is 610. The summed E-state index contributed by atoms with van der Waals surface area (Å²) in [5, 5.41) is 0. The van der Waals surface area contributed by atoms with Gasteiger partial charge in [0.2, 0.25) is 0 Å². The van der Waals surface area contributed by atoms with E-state index >= 15 is 0 Å². The molecule has 0 aliphatic carbocycles. The van der Waals surface area contributed by atoms with Crippen molar-refractivity contribution in [1.82, 2.24) is 0 Å². The maximum absolute atomic E-state index is 12.4. The first-order valence-corrected chi connectivity index (χ1v) is 6.68. The van der Waals surface area contributed by atoms with Crippen molar-refractivity contribution in [3.8, 4) is 0 Å². The summed E-state index contributed by atoms with van der Waals surface area (Å²) < 4.78 is 10.9. The highest BCUT2D eigenvalue weighted by Gasteiger charge is 2.19. The predicted octanol–water partition coefficient (Wildman–Crippen LogP) is 3.27. The quantitative estimate of drug-likeness (QED) is 0.801. The van der Waals surface area contributed by atoms with Gasteiger partial charge in [-0.15, -0.1) is 0 Å². The molecule has 1 heterocycles. The topological polar surface area (TPSA) is 35.5 Å². The van der Waals surface area contributed by atoms with E-state index in [9.17, 15) is 4.79 Å². The van der Waals surface area contributed by atoms with Crippen molar-refractivity contribution in [3.05, 3.63) is 70.8 Å². The second-order valence-electron chi connectivity index (χ2n) is 4.89. The third kappa shape index (κ3) is 2.64. The maximum Gasteiger partial charge on any atom is 0.193 e. The highest BCUT2D eigenvalue weighted by atomic mass is 16.7. The number of hydrogen-bond donors (Lipinski definition) is 0. The summed E-state index contributed by atoms with van der Waals surface area (Å²) in [5.41, 5.74) is 3.38. The van der Waals surface area contributed by atoms with Gasteiger partial charge in [-0.25, -0.2) is 0 Å². The van der Waals surface area contributed by atoms with Gasteiger partial charge in [-0.1, -0.05) is 48.0 Å². The number of benzene rings is 2. The monoisotopic (exact) mass is 268 g/mol. The fourth-order valence-corrected chi connectivity index (χ4v) is 2.25. The molecule has 0 atom stereocenters. The van der Waals surface area contributed by atoms with E-state index in [0.717, 1.165) is 11.1 Å². The molecule has 0 saturated carbocycles. The third-order valence-corrected chi connectivity index (χ3v) is 3.36. The summed E-state index contributed by atoms with van der Waals surface area (Å²) in [6.45, 7) is 3.20. The minimum atomic E-state index is -0.347. The number of ketones is 1. The van der Waals surface area contributed by atoms with E-state index in [-0.39, 0.29) is 12.1 Å². The van der Waals surface area contributed by atoms with Gasteiger partial charge < -0.3 is 9.47 Å². The first kappa shape index (κ1) is 13.0. The van der Waals surface area contributed by atoms with Gasteiger partial charge in [0.25, 0.3) is 0 Å². The molecule has 0 bridgehead atoms.